The Morgan fingerprint density at radius 2 is 2.04 bits per heavy atom. The van der Waals surface area contributed by atoms with Crippen LogP contribution in [0.5, 0.6) is 5.75 Å². The van der Waals surface area contributed by atoms with Crippen LogP contribution in [0.1, 0.15) is 11.1 Å². The second-order valence-corrected chi connectivity index (χ2v) is 6.71. The van der Waals surface area contributed by atoms with Crippen LogP contribution in [0.2, 0.25) is 5.02 Å². The number of benzene rings is 2. The van der Waals surface area contributed by atoms with Crippen LogP contribution in [0, 0.1) is 0 Å². The van der Waals surface area contributed by atoms with Crippen LogP contribution in [0.3, 0.4) is 0 Å². The Balaban J connectivity index is 1.75. The second-order valence-electron chi connectivity index (χ2n) is 5.31. The smallest absolute Gasteiger partial charge is 0.343 e. The Bertz CT molecular complexity index is 814. The molecule has 0 heterocycles. The minimum absolute atomic E-state index is 0.170. The zero-order valence-electron chi connectivity index (χ0n) is 14.7. The molecule has 0 atom stereocenters. The van der Waals surface area contributed by atoms with Crippen LogP contribution in [0.25, 0.3) is 0 Å². The first-order valence-electron chi connectivity index (χ1n) is 8.01. The van der Waals surface area contributed by atoms with Crippen molar-refractivity contribution in [2.24, 2.45) is 5.10 Å². The van der Waals surface area contributed by atoms with Crippen LogP contribution >= 0.6 is 23.4 Å². The Morgan fingerprint density at radius 3 is 2.81 bits per heavy atom. The van der Waals surface area contributed by atoms with E-state index in [9.17, 15) is 9.59 Å². The van der Waals surface area contributed by atoms with Gasteiger partial charge in [-0.15, -0.1) is 11.8 Å². The molecule has 1 amide bonds. The SMILES string of the molecule is COC(=O)COc1cccc(/C=N/NC(=O)CSCc2ccccc2Cl)c1. The van der Waals surface area contributed by atoms with Crippen molar-refractivity contribution in [1.82, 2.24) is 5.43 Å². The number of esters is 1. The highest BCUT2D eigenvalue weighted by atomic mass is 35.5. The van der Waals surface area contributed by atoms with Gasteiger partial charge in [0, 0.05) is 10.8 Å². The second kappa shape index (κ2) is 11.3. The molecule has 8 heteroatoms. The molecule has 2 aromatic rings. The van der Waals surface area contributed by atoms with Gasteiger partial charge in [0.15, 0.2) is 6.61 Å². The molecule has 2 aromatic carbocycles. The number of rotatable bonds is 9. The number of thioether (sulfide) groups is 1. The first-order valence-corrected chi connectivity index (χ1v) is 9.54. The van der Waals surface area contributed by atoms with E-state index in [0.29, 0.717) is 16.5 Å². The van der Waals surface area contributed by atoms with Gasteiger partial charge in [-0.3, -0.25) is 4.79 Å². The van der Waals surface area contributed by atoms with Crippen LogP contribution in [0.4, 0.5) is 0 Å². The van der Waals surface area contributed by atoms with Crippen molar-refractivity contribution >= 4 is 41.5 Å². The number of hydrazone groups is 1. The fourth-order valence-corrected chi connectivity index (χ4v) is 3.07. The van der Waals surface area contributed by atoms with E-state index in [4.69, 9.17) is 16.3 Å². The van der Waals surface area contributed by atoms with Gasteiger partial charge in [0.1, 0.15) is 5.75 Å². The number of halogens is 1. The van der Waals surface area contributed by atoms with E-state index in [-0.39, 0.29) is 18.3 Å². The molecule has 0 spiro atoms. The molecule has 2 rings (SSSR count). The molecule has 142 valence electrons. The van der Waals surface area contributed by atoms with Crippen LogP contribution in [-0.4, -0.2) is 37.6 Å². The van der Waals surface area contributed by atoms with Crippen molar-refractivity contribution in [1.29, 1.82) is 0 Å². The molecule has 27 heavy (non-hydrogen) atoms. The molecular formula is C19H19ClN2O4S. The summed E-state index contributed by atoms with van der Waals surface area (Å²) < 4.78 is 9.81. The van der Waals surface area contributed by atoms with Crippen LogP contribution in [-0.2, 0) is 20.1 Å². The maximum atomic E-state index is 11.8. The number of carbonyl (C=O) groups excluding carboxylic acids is 2. The van der Waals surface area contributed by atoms with Crippen LogP contribution < -0.4 is 10.2 Å². The van der Waals surface area contributed by atoms with Gasteiger partial charge in [0.05, 0.1) is 19.1 Å². The first-order chi connectivity index (χ1) is 13.1. The Morgan fingerprint density at radius 1 is 1.22 bits per heavy atom. The molecule has 6 nitrogen and oxygen atoms in total. The Kier molecular flexibility index (Phi) is 8.67. The third-order valence-electron chi connectivity index (χ3n) is 3.29. The maximum Gasteiger partial charge on any atom is 0.343 e. The number of hydrogen-bond acceptors (Lipinski definition) is 6. The zero-order chi connectivity index (χ0) is 19.5. The molecule has 0 radical (unpaired) electrons. The number of carbonyl (C=O) groups is 2. The fourth-order valence-electron chi connectivity index (χ4n) is 1.97. The fraction of sp³-hybridized carbons (Fsp3) is 0.211. The molecule has 0 unspecified atom stereocenters. The quantitative estimate of drug-likeness (QED) is 0.393. The topological polar surface area (TPSA) is 77.0 Å². The van der Waals surface area contributed by atoms with Gasteiger partial charge >= 0.3 is 5.97 Å². The standard InChI is InChI=1S/C19H19ClN2O4S/c1-25-19(24)11-26-16-7-4-5-14(9-16)10-21-22-18(23)13-27-12-15-6-2-3-8-17(15)20/h2-10H,11-13H2,1H3,(H,22,23)/b21-10+. The molecule has 0 aromatic heterocycles. The molecule has 0 bridgehead atoms. The third-order valence-corrected chi connectivity index (χ3v) is 4.64. The average Bonchev–Trinajstić information content (AvgIpc) is 2.68. The summed E-state index contributed by atoms with van der Waals surface area (Å²) in [5, 5.41) is 4.62. The van der Waals surface area contributed by atoms with Gasteiger partial charge in [-0.05, 0) is 29.3 Å². The van der Waals surface area contributed by atoms with E-state index < -0.39 is 5.97 Å². The number of nitrogens with zero attached hydrogens (tertiary/aromatic N) is 1. The van der Waals surface area contributed by atoms with Crippen LogP contribution in [0.15, 0.2) is 53.6 Å². The maximum absolute atomic E-state index is 11.8. The van der Waals surface area contributed by atoms with E-state index in [1.165, 1.54) is 25.1 Å². The van der Waals surface area contributed by atoms with Gasteiger partial charge in [0.25, 0.3) is 0 Å². The number of amides is 1. The first kappa shape index (κ1) is 20.8. The van der Waals surface area contributed by atoms with Gasteiger partial charge in [-0.1, -0.05) is 41.9 Å². The molecule has 0 saturated carbocycles. The summed E-state index contributed by atoms with van der Waals surface area (Å²) in [6, 6.07) is 14.5. The van der Waals surface area contributed by atoms with E-state index in [1.54, 1.807) is 24.3 Å². The summed E-state index contributed by atoms with van der Waals surface area (Å²) in [5.41, 5.74) is 4.19. The minimum atomic E-state index is -0.462. The Hall–Kier alpha value is -2.51. The molecule has 0 fully saturated rings. The minimum Gasteiger partial charge on any atom is -0.482 e. The Labute approximate surface area is 166 Å². The summed E-state index contributed by atoms with van der Waals surface area (Å²) >= 11 is 7.53. The van der Waals surface area contributed by atoms with E-state index in [0.717, 1.165) is 11.1 Å². The normalized spacial score (nSPS) is 10.6. The predicted molar refractivity (Wildman–Crippen MR) is 107 cm³/mol. The average molecular weight is 407 g/mol. The lowest BCUT2D eigenvalue weighted by atomic mass is 10.2. The van der Waals surface area contributed by atoms with Gasteiger partial charge in [-0.25, -0.2) is 10.2 Å². The van der Waals surface area contributed by atoms with Crippen molar-refractivity contribution in [3.63, 3.8) is 0 Å². The lowest BCUT2D eigenvalue weighted by Gasteiger charge is -2.05. The van der Waals surface area contributed by atoms with Gasteiger partial charge in [0.2, 0.25) is 5.91 Å². The van der Waals surface area contributed by atoms with E-state index in [1.807, 2.05) is 24.3 Å². The predicted octanol–water partition coefficient (Wildman–Crippen LogP) is 3.28. The highest BCUT2D eigenvalue weighted by Crippen LogP contribution is 2.20. The number of ether oxygens (including phenoxy) is 2. The summed E-state index contributed by atoms with van der Waals surface area (Å²) in [6.07, 6.45) is 1.50. The van der Waals surface area contributed by atoms with Crippen molar-refractivity contribution in [2.75, 3.05) is 19.5 Å². The van der Waals surface area contributed by atoms with Gasteiger partial charge in [-0.2, -0.15) is 5.10 Å². The molecular weight excluding hydrogens is 388 g/mol. The van der Waals surface area contributed by atoms with Crippen molar-refractivity contribution in [2.45, 2.75) is 5.75 Å². The van der Waals surface area contributed by atoms with E-state index >= 15 is 0 Å². The number of hydrogen-bond donors (Lipinski definition) is 1. The molecule has 0 aliphatic carbocycles. The molecule has 1 N–H and O–H groups in total. The summed E-state index contributed by atoms with van der Waals surface area (Å²) in [4.78, 5) is 22.9. The molecule has 0 saturated heterocycles. The number of methoxy groups -OCH3 is 1. The lowest BCUT2D eigenvalue weighted by molar-refractivity contribution is -0.142. The van der Waals surface area contributed by atoms with Gasteiger partial charge < -0.3 is 9.47 Å². The molecule has 0 aliphatic rings. The third kappa shape index (κ3) is 7.72. The van der Waals surface area contributed by atoms with Crippen molar-refractivity contribution < 1.29 is 19.1 Å². The summed E-state index contributed by atoms with van der Waals surface area (Å²) in [6.45, 7) is -0.170. The van der Waals surface area contributed by atoms with E-state index in [2.05, 4.69) is 15.3 Å². The van der Waals surface area contributed by atoms with Crippen molar-refractivity contribution in [3.8, 4) is 5.75 Å². The van der Waals surface area contributed by atoms with Crippen molar-refractivity contribution in [3.05, 3.63) is 64.7 Å². The summed E-state index contributed by atoms with van der Waals surface area (Å²) in [7, 11) is 1.30. The molecule has 0 aliphatic heterocycles. The monoisotopic (exact) mass is 406 g/mol. The zero-order valence-corrected chi connectivity index (χ0v) is 16.3. The lowest BCUT2D eigenvalue weighted by Crippen LogP contribution is -2.19. The highest BCUT2D eigenvalue weighted by molar-refractivity contribution is 7.99. The number of nitrogens with one attached hydrogen (secondary N) is 1. The summed E-state index contributed by atoms with van der Waals surface area (Å²) in [5.74, 6) is 0.754. The highest BCUT2D eigenvalue weighted by Gasteiger charge is 2.04. The largest absolute Gasteiger partial charge is 0.482 e.